The summed E-state index contributed by atoms with van der Waals surface area (Å²) in [6, 6.07) is 5.77. The van der Waals surface area contributed by atoms with Gasteiger partial charge in [0.05, 0.1) is 25.5 Å². The molecule has 1 N–H and O–H groups in total. The molecule has 0 radical (unpaired) electrons. The van der Waals surface area contributed by atoms with Gasteiger partial charge in [0, 0.05) is 45.4 Å². The van der Waals surface area contributed by atoms with Crippen LogP contribution in [0.4, 0.5) is 0 Å². The molecule has 25 heavy (non-hydrogen) atoms. The van der Waals surface area contributed by atoms with Gasteiger partial charge in [-0.05, 0) is 18.1 Å². The van der Waals surface area contributed by atoms with Crippen LogP contribution in [0.15, 0.2) is 35.6 Å². The lowest BCUT2D eigenvalue weighted by atomic mass is 10.0. The number of rotatable bonds is 4. The average Bonchev–Trinajstić information content (AvgIpc) is 3.25. The Hall–Kier alpha value is -1.84. The van der Waals surface area contributed by atoms with Crippen LogP contribution in [-0.4, -0.2) is 52.9 Å². The molecule has 0 bridgehead atoms. The van der Waals surface area contributed by atoms with Gasteiger partial charge >= 0.3 is 0 Å². The van der Waals surface area contributed by atoms with Gasteiger partial charge in [-0.1, -0.05) is 6.07 Å². The Bertz CT molecular complexity index is 717. The number of guanidine groups is 1. The number of aliphatic imine (C=N–C) groups is 1. The maximum absolute atomic E-state index is 5.17. The first kappa shape index (κ1) is 19.5. The van der Waals surface area contributed by atoms with Crippen molar-refractivity contribution >= 4 is 29.9 Å². The summed E-state index contributed by atoms with van der Waals surface area (Å²) in [5.74, 6) is 2.04. The first-order chi connectivity index (χ1) is 11.7. The van der Waals surface area contributed by atoms with Gasteiger partial charge in [-0.25, -0.2) is 4.98 Å². The smallest absolute Gasteiger partial charge is 0.213 e. The monoisotopic (exact) mass is 456 g/mol. The van der Waals surface area contributed by atoms with Crippen molar-refractivity contribution in [3.63, 3.8) is 0 Å². The maximum atomic E-state index is 5.17. The van der Waals surface area contributed by atoms with Crippen LogP contribution in [0.25, 0.3) is 0 Å². The van der Waals surface area contributed by atoms with Gasteiger partial charge in [-0.3, -0.25) is 9.67 Å². The first-order valence-electron chi connectivity index (χ1n) is 8.13. The van der Waals surface area contributed by atoms with E-state index < -0.39 is 0 Å². The fourth-order valence-electron chi connectivity index (χ4n) is 3.05. The number of aryl methyl sites for hydroxylation is 1. The number of likely N-dealkylation sites (tertiary alicyclic amines) is 1. The summed E-state index contributed by atoms with van der Waals surface area (Å²) in [6.07, 6.45) is 5.18. The largest absolute Gasteiger partial charge is 0.481 e. The Morgan fingerprint density at radius 3 is 2.96 bits per heavy atom. The molecule has 136 valence electrons. The van der Waals surface area contributed by atoms with Crippen LogP contribution >= 0.6 is 24.0 Å². The molecule has 1 saturated heterocycles. The zero-order valence-corrected chi connectivity index (χ0v) is 17.2. The number of ether oxygens (including phenoxy) is 1. The van der Waals surface area contributed by atoms with Crippen molar-refractivity contribution in [1.29, 1.82) is 0 Å². The quantitative estimate of drug-likeness (QED) is 0.433. The SMILES string of the molecule is CN=C(NCc1cccc(OC)n1)N1CCC(c2cnn(C)c2)C1.I. The fourth-order valence-corrected chi connectivity index (χ4v) is 3.05. The van der Waals surface area contributed by atoms with Crippen molar-refractivity contribution in [3.8, 4) is 5.88 Å². The summed E-state index contributed by atoms with van der Waals surface area (Å²) in [4.78, 5) is 11.1. The summed E-state index contributed by atoms with van der Waals surface area (Å²) in [7, 11) is 5.40. The first-order valence-corrected chi connectivity index (χ1v) is 8.13. The Balaban J connectivity index is 0.00000225. The second kappa shape index (κ2) is 9.02. The molecule has 0 saturated carbocycles. The number of methoxy groups -OCH3 is 1. The van der Waals surface area contributed by atoms with Gasteiger partial charge in [0.15, 0.2) is 5.96 Å². The van der Waals surface area contributed by atoms with Crippen molar-refractivity contribution in [2.75, 3.05) is 27.2 Å². The molecule has 2 aromatic heterocycles. The fraction of sp³-hybridized carbons (Fsp3) is 0.471. The van der Waals surface area contributed by atoms with E-state index in [-0.39, 0.29) is 24.0 Å². The summed E-state index contributed by atoms with van der Waals surface area (Å²) in [6.45, 7) is 2.57. The predicted molar refractivity (Wildman–Crippen MR) is 109 cm³/mol. The number of pyridine rings is 1. The molecule has 3 heterocycles. The minimum atomic E-state index is 0. The zero-order chi connectivity index (χ0) is 16.9. The highest BCUT2D eigenvalue weighted by molar-refractivity contribution is 14.0. The second-order valence-corrected chi connectivity index (χ2v) is 5.95. The standard InChI is InChI=1S/C17H24N6O.HI/c1-18-17(19-10-15-5-4-6-16(21-15)24-3)23-8-7-13(12-23)14-9-20-22(2)11-14;/h4-6,9,11,13H,7-8,10,12H2,1-3H3,(H,18,19);1H. The van der Waals surface area contributed by atoms with Crippen LogP contribution < -0.4 is 10.1 Å². The van der Waals surface area contributed by atoms with Gasteiger partial charge in [-0.15, -0.1) is 24.0 Å². The molecule has 3 rings (SSSR count). The van der Waals surface area contributed by atoms with Gasteiger partial charge in [0.25, 0.3) is 0 Å². The van der Waals surface area contributed by atoms with Crippen LogP contribution in [0.3, 0.4) is 0 Å². The van der Waals surface area contributed by atoms with Crippen molar-refractivity contribution in [2.24, 2.45) is 12.0 Å². The molecule has 1 aliphatic heterocycles. The van der Waals surface area contributed by atoms with Crippen LogP contribution in [0.2, 0.25) is 0 Å². The number of aromatic nitrogens is 3. The van der Waals surface area contributed by atoms with Gasteiger partial charge in [0.2, 0.25) is 5.88 Å². The highest BCUT2D eigenvalue weighted by Crippen LogP contribution is 2.26. The van der Waals surface area contributed by atoms with Crippen LogP contribution in [0, 0.1) is 0 Å². The van der Waals surface area contributed by atoms with Gasteiger partial charge in [-0.2, -0.15) is 5.10 Å². The van der Waals surface area contributed by atoms with Crippen molar-refractivity contribution in [1.82, 2.24) is 25.0 Å². The summed E-state index contributed by atoms with van der Waals surface area (Å²) in [5.41, 5.74) is 2.23. The highest BCUT2D eigenvalue weighted by atomic mass is 127. The molecule has 7 nitrogen and oxygen atoms in total. The van der Waals surface area contributed by atoms with Crippen molar-refractivity contribution in [3.05, 3.63) is 41.9 Å². The Labute approximate surface area is 165 Å². The lowest BCUT2D eigenvalue weighted by Gasteiger charge is -2.21. The topological polar surface area (TPSA) is 67.6 Å². The van der Waals surface area contributed by atoms with E-state index in [0.29, 0.717) is 18.3 Å². The Morgan fingerprint density at radius 2 is 2.28 bits per heavy atom. The molecule has 0 aliphatic carbocycles. The molecule has 1 unspecified atom stereocenters. The highest BCUT2D eigenvalue weighted by Gasteiger charge is 2.26. The molecule has 8 heteroatoms. The van der Waals surface area contributed by atoms with Crippen molar-refractivity contribution < 1.29 is 4.74 Å². The molecular formula is C17H25IN6O. The van der Waals surface area contributed by atoms with E-state index in [0.717, 1.165) is 31.2 Å². The normalized spacial score (nSPS) is 17.3. The van der Waals surface area contributed by atoms with E-state index in [2.05, 4.69) is 31.5 Å². The molecule has 2 aromatic rings. The van der Waals surface area contributed by atoms with E-state index in [1.807, 2.05) is 43.2 Å². The molecular weight excluding hydrogens is 431 g/mol. The molecule has 1 aliphatic rings. The third kappa shape index (κ3) is 4.83. The summed E-state index contributed by atoms with van der Waals surface area (Å²) >= 11 is 0. The van der Waals surface area contributed by atoms with Crippen LogP contribution in [-0.2, 0) is 13.6 Å². The molecule has 0 spiro atoms. The number of hydrogen-bond acceptors (Lipinski definition) is 4. The summed E-state index contributed by atoms with van der Waals surface area (Å²) in [5, 5.41) is 7.67. The number of nitrogens with zero attached hydrogens (tertiary/aromatic N) is 5. The van der Waals surface area contributed by atoms with E-state index in [1.165, 1.54) is 5.56 Å². The lowest BCUT2D eigenvalue weighted by Crippen LogP contribution is -2.39. The van der Waals surface area contributed by atoms with Gasteiger partial charge < -0.3 is 15.0 Å². The third-order valence-corrected chi connectivity index (χ3v) is 4.31. The number of nitrogens with one attached hydrogen (secondary N) is 1. The average molecular weight is 456 g/mol. The van der Waals surface area contributed by atoms with E-state index in [4.69, 9.17) is 4.74 Å². The Morgan fingerprint density at radius 1 is 1.44 bits per heavy atom. The second-order valence-electron chi connectivity index (χ2n) is 5.95. The molecule has 0 amide bonds. The summed E-state index contributed by atoms with van der Waals surface area (Å²) < 4.78 is 7.03. The number of hydrogen-bond donors (Lipinski definition) is 1. The van der Waals surface area contributed by atoms with Gasteiger partial charge in [0.1, 0.15) is 0 Å². The lowest BCUT2D eigenvalue weighted by molar-refractivity contribution is 0.396. The minimum Gasteiger partial charge on any atom is -0.481 e. The molecule has 1 fully saturated rings. The molecule has 0 aromatic carbocycles. The van der Waals surface area contributed by atoms with Crippen LogP contribution in [0.1, 0.15) is 23.6 Å². The van der Waals surface area contributed by atoms with E-state index in [9.17, 15) is 0 Å². The number of halogens is 1. The zero-order valence-electron chi connectivity index (χ0n) is 14.8. The van der Waals surface area contributed by atoms with E-state index in [1.54, 1.807) is 7.11 Å². The Kier molecular flexibility index (Phi) is 7.03. The van der Waals surface area contributed by atoms with Crippen molar-refractivity contribution in [2.45, 2.75) is 18.9 Å². The van der Waals surface area contributed by atoms with Crippen LogP contribution in [0.5, 0.6) is 5.88 Å². The van der Waals surface area contributed by atoms with E-state index >= 15 is 0 Å². The minimum absolute atomic E-state index is 0. The predicted octanol–water partition coefficient (Wildman–Crippen LogP) is 2.01. The third-order valence-electron chi connectivity index (χ3n) is 4.31. The molecule has 1 atom stereocenters. The maximum Gasteiger partial charge on any atom is 0.213 e.